The molecule has 18 heavy (non-hydrogen) atoms. The summed E-state index contributed by atoms with van der Waals surface area (Å²) in [6.45, 7) is 1.97. The van der Waals surface area contributed by atoms with E-state index in [-0.39, 0.29) is 11.5 Å². The maximum absolute atomic E-state index is 11.9. The van der Waals surface area contributed by atoms with E-state index in [0.717, 1.165) is 12.0 Å². The number of unbranched alkanes of at least 4 members (excludes halogenated alkanes) is 1. The SMILES string of the molecule is CCCCS(=O)(=O)CC(N)c1ccccc1OC. The molecule has 0 spiro atoms. The van der Waals surface area contributed by atoms with Crippen molar-refractivity contribution in [1.82, 2.24) is 0 Å². The molecule has 1 aromatic rings. The standard InChI is InChI=1S/C13H21NO3S/c1-3-4-9-18(15,16)10-12(14)11-7-5-6-8-13(11)17-2/h5-8,12H,3-4,9-10,14H2,1-2H3. The van der Waals surface area contributed by atoms with Crippen LogP contribution in [0.1, 0.15) is 31.4 Å². The summed E-state index contributed by atoms with van der Waals surface area (Å²) in [5.74, 6) is 0.801. The van der Waals surface area contributed by atoms with E-state index in [1.54, 1.807) is 19.2 Å². The van der Waals surface area contributed by atoms with Crippen LogP contribution in [0.2, 0.25) is 0 Å². The number of sulfone groups is 1. The van der Waals surface area contributed by atoms with Crippen LogP contribution in [0.5, 0.6) is 5.75 Å². The van der Waals surface area contributed by atoms with Crippen LogP contribution in [0.4, 0.5) is 0 Å². The lowest BCUT2D eigenvalue weighted by molar-refractivity contribution is 0.407. The first-order chi connectivity index (χ1) is 8.50. The van der Waals surface area contributed by atoms with Gasteiger partial charge in [-0.15, -0.1) is 0 Å². The first kappa shape index (κ1) is 15.0. The molecule has 0 saturated heterocycles. The van der Waals surface area contributed by atoms with Crippen molar-refractivity contribution in [2.24, 2.45) is 5.73 Å². The molecule has 0 fully saturated rings. The summed E-state index contributed by atoms with van der Waals surface area (Å²) in [7, 11) is -1.54. The normalized spacial score (nSPS) is 13.3. The molecule has 0 bridgehead atoms. The molecule has 0 saturated carbocycles. The van der Waals surface area contributed by atoms with Crippen LogP contribution < -0.4 is 10.5 Å². The highest BCUT2D eigenvalue weighted by atomic mass is 32.2. The second kappa shape index (κ2) is 6.75. The van der Waals surface area contributed by atoms with Gasteiger partial charge >= 0.3 is 0 Å². The zero-order chi connectivity index (χ0) is 13.6. The Kier molecular flexibility index (Phi) is 5.62. The van der Waals surface area contributed by atoms with E-state index >= 15 is 0 Å². The van der Waals surface area contributed by atoms with Gasteiger partial charge in [0.15, 0.2) is 9.84 Å². The lowest BCUT2D eigenvalue weighted by Gasteiger charge is -2.15. The first-order valence-corrected chi connectivity index (χ1v) is 7.91. The van der Waals surface area contributed by atoms with Gasteiger partial charge in [-0.3, -0.25) is 0 Å². The summed E-state index contributed by atoms with van der Waals surface area (Å²) in [4.78, 5) is 0. The Morgan fingerprint density at radius 3 is 2.61 bits per heavy atom. The van der Waals surface area contributed by atoms with E-state index in [1.807, 2.05) is 19.1 Å². The van der Waals surface area contributed by atoms with Crippen molar-refractivity contribution in [3.63, 3.8) is 0 Å². The third kappa shape index (κ3) is 4.31. The van der Waals surface area contributed by atoms with Crippen molar-refractivity contribution in [1.29, 1.82) is 0 Å². The Morgan fingerprint density at radius 2 is 2.00 bits per heavy atom. The van der Waals surface area contributed by atoms with Crippen LogP contribution in [0.3, 0.4) is 0 Å². The fraction of sp³-hybridized carbons (Fsp3) is 0.538. The molecule has 0 aliphatic rings. The third-order valence-corrected chi connectivity index (χ3v) is 4.56. The highest BCUT2D eigenvalue weighted by molar-refractivity contribution is 7.91. The fourth-order valence-corrected chi connectivity index (χ4v) is 3.41. The molecular formula is C13H21NO3S. The molecule has 0 amide bonds. The summed E-state index contributed by atoms with van der Waals surface area (Å²) in [6, 6.07) is 6.71. The van der Waals surface area contributed by atoms with Crippen LogP contribution in [-0.2, 0) is 9.84 Å². The van der Waals surface area contributed by atoms with Crippen molar-refractivity contribution in [2.45, 2.75) is 25.8 Å². The second-order valence-electron chi connectivity index (χ2n) is 4.32. The predicted molar refractivity (Wildman–Crippen MR) is 73.5 cm³/mol. The minimum atomic E-state index is -3.10. The predicted octanol–water partition coefficient (Wildman–Crippen LogP) is 1.91. The zero-order valence-electron chi connectivity index (χ0n) is 10.9. The van der Waals surface area contributed by atoms with E-state index < -0.39 is 15.9 Å². The molecule has 0 aromatic heterocycles. The molecule has 1 rings (SSSR count). The average Bonchev–Trinajstić information content (AvgIpc) is 2.35. The van der Waals surface area contributed by atoms with Crippen molar-refractivity contribution in [3.05, 3.63) is 29.8 Å². The van der Waals surface area contributed by atoms with Gasteiger partial charge in [-0.05, 0) is 12.5 Å². The molecule has 0 aliphatic carbocycles. The maximum Gasteiger partial charge on any atom is 0.152 e. The molecule has 5 heteroatoms. The monoisotopic (exact) mass is 271 g/mol. The average molecular weight is 271 g/mol. The molecule has 2 N–H and O–H groups in total. The number of hydrogen-bond donors (Lipinski definition) is 1. The highest BCUT2D eigenvalue weighted by Crippen LogP contribution is 2.24. The minimum absolute atomic E-state index is 0.0344. The van der Waals surface area contributed by atoms with Gasteiger partial charge in [-0.1, -0.05) is 31.5 Å². The van der Waals surface area contributed by atoms with Gasteiger partial charge in [-0.2, -0.15) is 0 Å². The first-order valence-electron chi connectivity index (χ1n) is 6.09. The van der Waals surface area contributed by atoms with Crippen molar-refractivity contribution >= 4 is 9.84 Å². The largest absolute Gasteiger partial charge is 0.496 e. The number of rotatable bonds is 7. The molecule has 4 nitrogen and oxygen atoms in total. The van der Waals surface area contributed by atoms with E-state index in [4.69, 9.17) is 10.5 Å². The number of benzene rings is 1. The van der Waals surface area contributed by atoms with E-state index in [9.17, 15) is 8.42 Å². The lowest BCUT2D eigenvalue weighted by atomic mass is 10.1. The van der Waals surface area contributed by atoms with Gasteiger partial charge in [0.25, 0.3) is 0 Å². The fourth-order valence-electron chi connectivity index (χ4n) is 1.78. The minimum Gasteiger partial charge on any atom is -0.496 e. The van der Waals surface area contributed by atoms with Crippen LogP contribution in [-0.4, -0.2) is 27.0 Å². The molecule has 0 heterocycles. The summed E-state index contributed by atoms with van der Waals surface area (Å²) in [6.07, 6.45) is 1.55. The molecule has 1 aromatic carbocycles. The van der Waals surface area contributed by atoms with Gasteiger partial charge in [0, 0.05) is 11.6 Å². The van der Waals surface area contributed by atoms with Gasteiger partial charge in [0.1, 0.15) is 5.75 Å². The van der Waals surface area contributed by atoms with Crippen LogP contribution in [0.25, 0.3) is 0 Å². The summed E-state index contributed by atoms with van der Waals surface area (Å²) in [5.41, 5.74) is 6.71. The Labute approximate surface area is 109 Å². The van der Waals surface area contributed by atoms with Crippen molar-refractivity contribution in [2.75, 3.05) is 18.6 Å². The number of ether oxygens (including phenoxy) is 1. The van der Waals surface area contributed by atoms with Crippen LogP contribution in [0, 0.1) is 0 Å². The number of para-hydroxylation sites is 1. The molecular weight excluding hydrogens is 250 g/mol. The van der Waals surface area contributed by atoms with E-state index in [2.05, 4.69) is 0 Å². The molecule has 0 aliphatic heterocycles. The number of nitrogens with two attached hydrogens (primary N) is 1. The zero-order valence-corrected chi connectivity index (χ0v) is 11.7. The van der Waals surface area contributed by atoms with Crippen LogP contribution in [0.15, 0.2) is 24.3 Å². The Hall–Kier alpha value is -1.07. The lowest BCUT2D eigenvalue weighted by Crippen LogP contribution is -2.24. The summed E-state index contributed by atoms with van der Waals surface area (Å²) in [5, 5.41) is 0. The third-order valence-electron chi connectivity index (χ3n) is 2.78. The van der Waals surface area contributed by atoms with Crippen molar-refractivity contribution < 1.29 is 13.2 Å². The topological polar surface area (TPSA) is 69.4 Å². The van der Waals surface area contributed by atoms with Gasteiger partial charge in [-0.25, -0.2) is 8.42 Å². The molecule has 0 radical (unpaired) electrons. The number of hydrogen-bond acceptors (Lipinski definition) is 4. The quantitative estimate of drug-likeness (QED) is 0.822. The Balaban J connectivity index is 2.79. The van der Waals surface area contributed by atoms with Gasteiger partial charge < -0.3 is 10.5 Å². The Morgan fingerprint density at radius 1 is 1.33 bits per heavy atom. The van der Waals surface area contributed by atoms with Crippen LogP contribution >= 0.6 is 0 Å². The molecule has 1 atom stereocenters. The molecule has 102 valence electrons. The molecule has 1 unspecified atom stereocenters. The van der Waals surface area contributed by atoms with E-state index in [1.165, 1.54) is 0 Å². The van der Waals surface area contributed by atoms with E-state index in [0.29, 0.717) is 12.2 Å². The highest BCUT2D eigenvalue weighted by Gasteiger charge is 2.19. The summed E-state index contributed by atoms with van der Waals surface area (Å²) < 4.78 is 28.9. The second-order valence-corrected chi connectivity index (χ2v) is 6.55. The smallest absolute Gasteiger partial charge is 0.152 e. The Bertz CT molecular complexity index is 471. The summed E-state index contributed by atoms with van der Waals surface area (Å²) >= 11 is 0. The maximum atomic E-state index is 11.9. The van der Waals surface area contributed by atoms with Gasteiger partial charge in [0.2, 0.25) is 0 Å². The number of methoxy groups -OCH3 is 1. The van der Waals surface area contributed by atoms with Crippen molar-refractivity contribution in [3.8, 4) is 5.75 Å². The van der Waals surface area contributed by atoms with Gasteiger partial charge in [0.05, 0.1) is 18.6 Å².